The predicted octanol–water partition coefficient (Wildman–Crippen LogP) is 4.72. The lowest BCUT2D eigenvalue weighted by atomic mass is 10.1. The first kappa shape index (κ1) is 26.4. The largest absolute Gasteiger partial charge is 0.494 e. The minimum atomic E-state index is -0.265. The number of ether oxygens (including phenoxy) is 1. The summed E-state index contributed by atoms with van der Waals surface area (Å²) in [7, 11) is 7.49. The van der Waals surface area contributed by atoms with Crippen molar-refractivity contribution in [2.45, 2.75) is 0 Å². The van der Waals surface area contributed by atoms with Crippen molar-refractivity contribution in [2.75, 3.05) is 49.8 Å². The number of aryl methyl sites for hydroxylation is 1. The maximum absolute atomic E-state index is 12.5. The van der Waals surface area contributed by atoms with Gasteiger partial charge in [0.25, 0.3) is 0 Å². The van der Waals surface area contributed by atoms with Crippen molar-refractivity contribution in [1.82, 2.24) is 19.9 Å². The molecule has 196 valence electrons. The number of hydrogen-bond acceptors (Lipinski definition) is 7. The van der Waals surface area contributed by atoms with E-state index >= 15 is 0 Å². The number of nitrogens with zero attached hydrogens (tertiary/aromatic N) is 4. The average molecular weight is 512 g/mol. The van der Waals surface area contributed by atoms with Gasteiger partial charge in [0.05, 0.1) is 29.9 Å². The SMILES string of the molecule is C=C/C=C/C(=O)Nc1cc(Nc2nccc(-c3cn(C)c4ccccc34)n2)c(OC)cc1N(C)CCNC. The maximum atomic E-state index is 12.5. The zero-order valence-electron chi connectivity index (χ0n) is 22.2. The number of hydrogen-bond donors (Lipinski definition) is 3. The van der Waals surface area contributed by atoms with Gasteiger partial charge in [-0.15, -0.1) is 0 Å². The number of likely N-dealkylation sites (N-methyl/N-ethyl adjacent to an activating group) is 2. The van der Waals surface area contributed by atoms with Gasteiger partial charge in [-0.1, -0.05) is 36.9 Å². The molecule has 0 aliphatic carbocycles. The van der Waals surface area contributed by atoms with E-state index in [4.69, 9.17) is 9.72 Å². The van der Waals surface area contributed by atoms with Crippen molar-refractivity contribution in [3.8, 4) is 17.0 Å². The molecule has 2 aromatic heterocycles. The highest BCUT2D eigenvalue weighted by atomic mass is 16.5. The first-order valence-corrected chi connectivity index (χ1v) is 12.3. The van der Waals surface area contributed by atoms with Gasteiger partial charge in [0.1, 0.15) is 5.75 Å². The Hall–Kier alpha value is -4.63. The van der Waals surface area contributed by atoms with Gasteiger partial charge in [-0.05, 0) is 25.2 Å². The zero-order chi connectivity index (χ0) is 27.1. The Morgan fingerprint density at radius 2 is 2.03 bits per heavy atom. The van der Waals surface area contributed by atoms with Gasteiger partial charge in [-0.25, -0.2) is 9.97 Å². The summed E-state index contributed by atoms with van der Waals surface area (Å²) in [6, 6.07) is 13.8. The number of amides is 1. The molecule has 9 nitrogen and oxygen atoms in total. The summed E-state index contributed by atoms with van der Waals surface area (Å²) < 4.78 is 7.80. The molecule has 3 N–H and O–H groups in total. The zero-order valence-corrected chi connectivity index (χ0v) is 22.2. The van der Waals surface area contributed by atoms with Crippen LogP contribution in [0.3, 0.4) is 0 Å². The Morgan fingerprint density at radius 1 is 1.21 bits per heavy atom. The molecular formula is C29H33N7O2. The molecule has 0 fully saturated rings. The molecule has 0 aliphatic heterocycles. The van der Waals surface area contributed by atoms with Crippen LogP contribution in [0.2, 0.25) is 0 Å². The third kappa shape index (κ3) is 5.84. The number of fused-ring (bicyclic) bond motifs is 1. The molecule has 38 heavy (non-hydrogen) atoms. The fourth-order valence-corrected chi connectivity index (χ4v) is 4.22. The number of nitrogens with one attached hydrogen (secondary N) is 3. The van der Waals surface area contributed by atoms with Crippen molar-refractivity contribution in [3.63, 3.8) is 0 Å². The van der Waals surface area contributed by atoms with Crippen LogP contribution in [0.5, 0.6) is 5.75 Å². The fourth-order valence-electron chi connectivity index (χ4n) is 4.22. The molecule has 0 radical (unpaired) electrons. The van der Waals surface area contributed by atoms with Gasteiger partial charge in [-0.3, -0.25) is 4.79 Å². The second-order valence-corrected chi connectivity index (χ2v) is 8.74. The summed E-state index contributed by atoms with van der Waals surface area (Å²) >= 11 is 0. The highest BCUT2D eigenvalue weighted by molar-refractivity contribution is 6.02. The summed E-state index contributed by atoms with van der Waals surface area (Å²) in [5.41, 5.74) is 5.00. The monoisotopic (exact) mass is 511 g/mol. The number of anilines is 4. The van der Waals surface area contributed by atoms with Crippen LogP contribution in [0, 0.1) is 0 Å². The second-order valence-electron chi connectivity index (χ2n) is 8.74. The number of para-hydroxylation sites is 1. The smallest absolute Gasteiger partial charge is 0.248 e. The molecule has 9 heteroatoms. The van der Waals surface area contributed by atoms with Crippen molar-refractivity contribution < 1.29 is 9.53 Å². The Balaban J connectivity index is 1.71. The highest BCUT2D eigenvalue weighted by Gasteiger charge is 2.17. The van der Waals surface area contributed by atoms with Crippen molar-refractivity contribution in [1.29, 1.82) is 0 Å². The average Bonchev–Trinajstić information content (AvgIpc) is 3.27. The van der Waals surface area contributed by atoms with Gasteiger partial charge in [0, 0.05) is 68.2 Å². The topological polar surface area (TPSA) is 96.3 Å². The molecule has 4 aromatic rings. The lowest BCUT2D eigenvalue weighted by Crippen LogP contribution is -2.28. The van der Waals surface area contributed by atoms with Crippen LogP contribution in [0.15, 0.2) is 79.7 Å². The third-order valence-corrected chi connectivity index (χ3v) is 6.14. The Kier molecular flexibility index (Phi) is 8.40. The molecule has 0 spiro atoms. The number of aromatic nitrogens is 3. The van der Waals surface area contributed by atoms with E-state index in [1.165, 1.54) is 6.08 Å². The van der Waals surface area contributed by atoms with Crippen molar-refractivity contribution >= 4 is 39.8 Å². The Morgan fingerprint density at radius 3 is 2.79 bits per heavy atom. The van der Waals surface area contributed by atoms with Crippen LogP contribution in [-0.2, 0) is 11.8 Å². The van der Waals surface area contributed by atoms with E-state index in [1.54, 1.807) is 25.5 Å². The van der Waals surface area contributed by atoms with E-state index in [9.17, 15) is 4.79 Å². The summed E-state index contributed by atoms with van der Waals surface area (Å²) in [6.45, 7) is 5.13. The number of benzene rings is 2. The Labute approximate surface area is 222 Å². The standard InChI is InChI=1S/C29H33N7O2/c1-6-7-12-28(37)32-23-17-24(27(38-5)18-26(23)35(3)16-15-30-2)34-29-31-14-13-22(33-29)21-19-36(4)25-11-9-8-10-20(21)25/h6-14,17-19,30H,1,15-16H2,2-5H3,(H,32,37)(H,31,33,34)/b12-7+. The summed E-state index contributed by atoms with van der Waals surface area (Å²) in [4.78, 5) is 23.8. The minimum Gasteiger partial charge on any atom is -0.494 e. The predicted molar refractivity (Wildman–Crippen MR) is 155 cm³/mol. The van der Waals surface area contributed by atoms with Gasteiger partial charge in [0.15, 0.2) is 0 Å². The lowest BCUT2D eigenvalue weighted by Gasteiger charge is -2.24. The van der Waals surface area contributed by atoms with E-state index in [0.29, 0.717) is 23.1 Å². The number of carbonyl (C=O) groups excluding carboxylic acids is 1. The number of methoxy groups -OCH3 is 1. The van der Waals surface area contributed by atoms with Crippen LogP contribution >= 0.6 is 0 Å². The second kappa shape index (κ2) is 12.1. The van der Waals surface area contributed by atoms with Crippen LogP contribution in [0.4, 0.5) is 23.0 Å². The fraction of sp³-hybridized carbons (Fsp3) is 0.207. The first-order valence-electron chi connectivity index (χ1n) is 12.3. The van der Waals surface area contributed by atoms with Gasteiger partial charge in [-0.2, -0.15) is 0 Å². The molecule has 0 saturated carbocycles. The number of allylic oxidation sites excluding steroid dienone is 2. The lowest BCUT2D eigenvalue weighted by molar-refractivity contribution is -0.111. The maximum Gasteiger partial charge on any atom is 0.248 e. The van der Waals surface area contributed by atoms with Gasteiger partial charge >= 0.3 is 0 Å². The quantitative estimate of drug-likeness (QED) is 0.198. The van der Waals surface area contributed by atoms with Gasteiger partial charge < -0.3 is 30.2 Å². The third-order valence-electron chi connectivity index (χ3n) is 6.14. The highest BCUT2D eigenvalue weighted by Crippen LogP contribution is 2.38. The van der Waals surface area contributed by atoms with E-state index in [1.807, 2.05) is 56.4 Å². The van der Waals surface area contributed by atoms with Crippen molar-refractivity contribution in [3.05, 3.63) is 79.7 Å². The number of rotatable bonds is 11. The van der Waals surface area contributed by atoms with Crippen molar-refractivity contribution in [2.24, 2.45) is 7.05 Å². The minimum absolute atomic E-state index is 0.265. The normalized spacial score (nSPS) is 11.1. The molecule has 2 heterocycles. The molecule has 0 bridgehead atoms. The molecule has 4 rings (SSSR count). The molecule has 0 aliphatic rings. The molecular weight excluding hydrogens is 478 g/mol. The van der Waals surface area contributed by atoms with E-state index in [-0.39, 0.29) is 5.91 Å². The summed E-state index contributed by atoms with van der Waals surface area (Å²) in [5, 5.41) is 10.5. The molecule has 2 aromatic carbocycles. The van der Waals surface area contributed by atoms with Crippen LogP contribution in [0.1, 0.15) is 0 Å². The van der Waals surface area contributed by atoms with Gasteiger partial charge in [0.2, 0.25) is 11.9 Å². The van der Waals surface area contributed by atoms with E-state index < -0.39 is 0 Å². The van der Waals surface area contributed by atoms with Crippen LogP contribution < -0.4 is 25.6 Å². The molecule has 1 amide bonds. The molecule has 0 saturated heterocycles. The number of carbonyl (C=O) groups is 1. The van der Waals surface area contributed by atoms with Crippen LogP contribution in [0.25, 0.3) is 22.2 Å². The molecule has 0 atom stereocenters. The Bertz CT molecular complexity index is 1480. The van der Waals surface area contributed by atoms with E-state index in [2.05, 4.69) is 50.4 Å². The molecule has 0 unspecified atom stereocenters. The summed E-state index contributed by atoms with van der Waals surface area (Å²) in [5.74, 6) is 0.738. The van der Waals surface area contributed by atoms with Crippen LogP contribution in [-0.4, -0.2) is 54.7 Å². The van der Waals surface area contributed by atoms with E-state index in [0.717, 1.165) is 40.9 Å². The summed E-state index contributed by atoms with van der Waals surface area (Å²) in [6.07, 6.45) is 8.37. The first-order chi connectivity index (χ1) is 18.4.